The Hall–Kier alpha value is -3.43. The van der Waals surface area contributed by atoms with E-state index in [-0.39, 0.29) is 24.1 Å². The van der Waals surface area contributed by atoms with Crippen molar-refractivity contribution in [3.8, 4) is 17.1 Å². The molecule has 1 aromatic heterocycles. The molecule has 0 spiro atoms. The summed E-state index contributed by atoms with van der Waals surface area (Å²) in [5.74, 6) is 0.856. The summed E-state index contributed by atoms with van der Waals surface area (Å²) >= 11 is 0. The Bertz CT molecular complexity index is 1290. The van der Waals surface area contributed by atoms with Crippen LogP contribution in [0.4, 0.5) is 5.69 Å². The first-order valence-electron chi connectivity index (χ1n) is 12.8. The second-order valence-electron chi connectivity index (χ2n) is 9.66. The van der Waals surface area contributed by atoms with E-state index in [4.69, 9.17) is 14.5 Å². The van der Waals surface area contributed by atoms with Crippen LogP contribution in [0.2, 0.25) is 0 Å². The summed E-state index contributed by atoms with van der Waals surface area (Å²) < 4.78 is 12.1. The summed E-state index contributed by atoms with van der Waals surface area (Å²) in [7, 11) is 3.32. The molecule has 2 heterocycles. The standard InChI is InChI=1S/C28H37N5O4/c1-20(2)29-26(34)19-33-27(21-7-5-8-23(17-21)37-4)30-25-10-9-22(18-24(25)28(33)35)32-12-6-11-31(13-14-32)15-16-36-3/h5,7-10,17-18,20H,6,11-16,19H2,1-4H3,(H,29,34). The van der Waals surface area contributed by atoms with Gasteiger partial charge in [0.05, 0.1) is 24.6 Å². The fraction of sp³-hybridized carbons (Fsp3) is 0.464. The lowest BCUT2D eigenvalue weighted by atomic mass is 10.1. The zero-order valence-electron chi connectivity index (χ0n) is 22.2. The van der Waals surface area contributed by atoms with Crippen LogP contribution in [0.1, 0.15) is 20.3 Å². The van der Waals surface area contributed by atoms with Crippen molar-refractivity contribution in [2.75, 3.05) is 58.5 Å². The Morgan fingerprint density at radius 1 is 1.08 bits per heavy atom. The van der Waals surface area contributed by atoms with E-state index in [0.29, 0.717) is 28.0 Å². The van der Waals surface area contributed by atoms with E-state index in [2.05, 4.69) is 15.1 Å². The van der Waals surface area contributed by atoms with Gasteiger partial charge in [-0.1, -0.05) is 12.1 Å². The molecule has 1 amide bonds. The van der Waals surface area contributed by atoms with Gasteiger partial charge in [0, 0.05) is 50.6 Å². The third-order valence-electron chi connectivity index (χ3n) is 6.58. The van der Waals surface area contributed by atoms with Crippen LogP contribution < -0.4 is 20.5 Å². The number of nitrogens with zero attached hydrogens (tertiary/aromatic N) is 4. The van der Waals surface area contributed by atoms with Crippen molar-refractivity contribution in [1.29, 1.82) is 0 Å². The van der Waals surface area contributed by atoms with Gasteiger partial charge in [-0.3, -0.25) is 19.1 Å². The molecule has 1 N–H and O–H groups in total. The van der Waals surface area contributed by atoms with Crippen LogP contribution >= 0.6 is 0 Å². The quantitative estimate of drug-likeness (QED) is 0.476. The van der Waals surface area contributed by atoms with E-state index in [1.165, 1.54) is 4.57 Å². The number of carbonyl (C=O) groups is 1. The monoisotopic (exact) mass is 507 g/mol. The fourth-order valence-electron chi connectivity index (χ4n) is 4.72. The molecule has 0 unspecified atom stereocenters. The maximum Gasteiger partial charge on any atom is 0.262 e. The van der Waals surface area contributed by atoms with Gasteiger partial charge < -0.3 is 19.7 Å². The summed E-state index contributed by atoms with van der Waals surface area (Å²) in [6.07, 6.45) is 1.04. The van der Waals surface area contributed by atoms with Gasteiger partial charge in [0.25, 0.3) is 5.56 Å². The van der Waals surface area contributed by atoms with Gasteiger partial charge in [0.1, 0.15) is 18.1 Å². The highest BCUT2D eigenvalue weighted by molar-refractivity contribution is 5.84. The van der Waals surface area contributed by atoms with Crippen molar-refractivity contribution in [1.82, 2.24) is 19.8 Å². The predicted octanol–water partition coefficient (Wildman–Crippen LogP) is 2.76. The maximum absolute atomic E-state index is 13.8. The Morgan fingerprint density at radius 3 is 2.68 bits per heavy atom. The van der Waals surface area contributed by atoms with Crippen molar-refractivity contribution in [3.05, 3.63) is 52.8 Å². The normalized spacial score (nSPS) is 14.7. The third-order valence-corrected chi connectivity index (χ3v) is 6.58. The molecular weight excluding hydrogens is 470 g/mol. The summed E-state index contributed by atoms with van der Waals surface area (Å²) in [4.78, 5) is 36.2. The predicted molar refractivity (Wildman–Crippen MR) is 146 cm³/mol. The van der Waals surface area contributed by atoms with Gasteiger partial charge in [-0.2, -0.15) is 0 Å². The largest absolute Gasteiger partial charge is 0.497 e. The first kappa shape index (κ1) is 26.6. The molecule has 1 aliphatic heterocycles. The Labute approximate surface area is 218 Å². The second kappa shape index (κ2) is 12.2. The van der Waals surface area contributed by atoms with Gasteiger partial charge in [-0.05, 0) is 57.1 Å². The van der Waals surface area contributed by atoms with Crippen LogP contribution in [0.25, 0.3) is 22.3 Å². The molecule has 9 nitrogen and oxygen atoms in total. The second-order valence-corrected chi connectivity index (χ2v) is 9.66. The number of fused-ring (bicyclic) bond motifs is 1. The van der Waals surface area contributed by atoms with E-state index >= 15 is 0 Å². The molecule has 4 rings (SSSR count). The molecule has 1 aliphatic rings. The van der Waals surface area contributed by atoms with Crippen LogP contribution in [-0.2, 0) is 16.1 Å². The summed E-state index contributed by atoms with van der Waals surface area (Å²) in [6.45, 7) is 9.06. The highest BCUT2D eigenvalue weighted by Crippen LogP contribution is 2.26. The minimum Gasteiger partial charge on any atom is -0.497 e. The number of benzene rings is 2. The zero-order valence-corrected chi connectivity index (χ0v) is 22.2. The lowest BCUT2D eigenvalue weighted by molar-refractivity contribution is -0.122. The number of aromatic nitrogens is 2. The molecule has 3 aromatic rings. The molecule has 9 heteroatoms. The number of amides is 1. The summed E-state index contributed by atoms with van der Waals surface area (Å²) in [6, 6.07) is 13.2. The lowest BCUT2D eigenvalue weighted by Gasteiger charge is -2.24. The van der Waals surface area contributed by atoms with Gasteiger partial charge in [-0.25, -0.2) is 4.98 Å². The molecule has 1 fully saturated rings. The maximum atomic E-state index is 13.8. The number of anilines is 1. The smallest absolute Gasteiger partial charge is 0.262 e. The van der Waals surface area contributed by atoms with E-state index < -0.39 is 0 Å². The molecule has 198 valence electrons. The lowest BCUT2D eigenvalue weighted by Crippen LogP contribution is -2.37. The molecule has 0 atom stereocenters. The van der Waals surface area contributed by atoms with Crippen molar-refractivity contribution in [2.24, 2.45) is 0 Å². The van der Waals surface area contributed by atoms with E-state index in [1.807, 2.05) is 56.3 Å². The van der Waals surface area contributed by atoms with Crippen LogP contribution in [0.3, 0.4) is 0 Å². The number of ether oxygens (including phenoxy) is 2. The fourth-order valence-corrected chi connectivity index (χ4v) is 4.72. The average Bonchev–Trinajstić information content (AvgIpc) is 3.14. The number of rotatable bonds is 9. The molecule has 0 radical (unpaired) electrons. The van der Waals surface area contributed by atoms with Crippen molar-refractivity contribution >= 4 is 22.5 Å². The van der Waals surface area contributed by atoms with Crippen LogP contribution in [-0.4, -0.2) is 80.0 Å². The van der Waals surface area contributed by atoms with Crippen molar-refractivity contribution < 1.29 is 14.3 Å². The number of nitrogens with one attached hydrogen (secondary N) is 1. The highest BCUT2D eigenvalue weighted by Gasteiger charge is 2.19. The van der Waals surface area contributed by atoms with Crippen LogP contribution in [0.5, 0.6) is 5.75 Å². The van der Waals surface area contributed by atoms with Crippen LogP contribution in [0, 0.1) is 0 Å². The number of carbonyl (C=O) groups excluding carboxylic acids is 1. The molecule has 0 saturated carbocycles. The van der Waals surface area contributed by atoms with Gasteiger partial charge in [0.15, 0.2) is 0 Å². The average molecular weight is 508 g/mol. The van der Waals surface area contributed by atoms with E-state index in [1.54, 1.807) is 14.2 Å². The molecule has 0 aliphatic carbocycles. The number of methoxy groups -OCH3 is 2. The SMILES string of the molecule is COCCN1CCCN(c2ccc3nc(-c4cccc(OC)c4)n(CC(=O)NC(C)C)c(=O)c3c2)CC1. The van der Waals surface area contributed by atoms with Gasteiger partial charge in [-0.15, -0.1) is 0 Å². The summed E-state index contributed by atoms with van der Waals surface area (Å²) in [5, 5.41) is 3.39. The molecular formula is C28H37N5O4. The van der Waals surface area contributed by atoms with Crippen LogP contribution in [0.15, 0.2) is 47.3 Å². The number of hydrogen-bond acceptors (Lipinski definition) is 7. The summed E-state index contributed by atoms with van der Waals surface area (Å²) in [5.41, 5.74) is 2.07. The topological polar surface area (TPSA) is 88.9 Å². The van der Waals surface area contributed by atoms with Gasteiger partial charge >= 0.3 is 0 Å². The Morgan fingerprint density at radius 2 is 1.92 bits per heavy atom. The molecule has 1 saturated heterocycles. The molecule has 0 bridgehead atoms. The van der Waals surface area contributed by atoms with Crippen molar-refractivity contribution in [3.63, 3.8) is 0 Å². The Balaban J connectivity index is 1.73. The highest BCUT2D eigenvalue weighted by atomic mass is 16.5. The minimum absolute atomic E-state index is 0.0324. The van der Waals surface area contributed by atoms with Gasteiger partial charge in [0.2, 0.25) is 5.91 Å². The van der Waals surface area contributed by atoms with E-state index in [0.717, 1.165) is 51.4 Å². The van der Waals surface area contributed by atoms with E-state index in [9.17, 15) is 9.59 Å². The zero-order chi connectivity index (χ0) is 26.4. The Kier molecular flexibility index (Phi) is 8.78. The van der Waals surface area contributed by atoms with Crippen molar-refractivity contribution in [2.45, 2.75) is 32.9 Å². The first-order valence-corrected chi connectivity index (χ1v) is 12.8. The third kappa shape index (κ3) is 6.47. The number of hydrogen-bond donors (Lipinski definition) is 1. The molecule has 2 aromatic carbocycles. The molecule has 37 heavy (non-hydrogen) atoms. The minimum atomic E-state index is -0.236. The first-order chi connectivity index (χ1) is 17.9.